The second-order valence-corrected chi connectivity index (χ2v) is 5.32. The van der Waals surface area contributed by atoms with Crippen LogP contribution < -0.4 is 38.0 Å². The van der Waals surface area contributed by atoms with Crippen LogP contribution in [0.25, 0.3) is 23.1 Å². The molecule has 1 heterocycles. The van der Waals surface area contributed by atoms with Crippen LogP contribution in [0, 0.1) is 0 Å². The van der Waals surface area contributed by atoms with E-state index in [0.29, 0.717) is 0 Å². The number of aromatic nitrogens is 1. The highest BCUT2D eigenvalue weighted by molar-refractivity contribution is 5.77. The highest BCUT2D eigenvalue weighted by Crippen LogP contribution is 2.25. The second-order valence-electron chi connectivity index (χ2n) is 5.32. The predicted molar refractivity (Wildman–Crippen MR) is 93.6 cm³/mol. The van der Waals surface area contributed by atoms with Crippen molar-refractivity contribution in [3.63, 3.8) is 0 Å². The number of nitrogens with zero attached hydrogens (tertiary/aromatic N) is 1. The van der Waals surface area contributed by atoms with Crippen LogP contribution in [0.2, 0.25) is 0 Å². The maximum Gasteiger partial charge on any atom is 0.212 e. The van der Waals surface area contributed by atoms with Gasteiger partial charge in [0.25, 0.3) is 0 Å². The number of rotatable bonds is 4. The first-order chi connectivity index (χ1) is 11.2. The zero-order chi connectivity index (χ0) is 16.2. The second kappa shape index (κ2) is 8.15. The Hall–Kier alpha value is -2.08. The quantitative estimate of drug-likeness (QED) is 0.450. The number of hydrogen-bond donors (Lipinski definition) is 0. The third-order valence-corrected chi connectivity index (χ3v) is 3.99. The molecular weight excluding hydrogens is 413 g/mol. The van der Waals surface area contributed by atoms with Gasteiger partial charge in [-0.05, 0) is 36.4 Å². The van der Waals surface area contributed by atoms with E-state index in [0.717, 1.165) is 22.8 Å². The topological polar surface area (TPSA) is 22.3 Å². The van der Waals surface area contributed by atoms with Crippen molar-refractivity contribution >= 4 is 23.1 Å². The van der Waals surface area contributed by atoms with E-state index in [1.807, 2.05) is 24.3 Å². The molecule has 0 aliphatic heterocycles. The van der Waals surface area contributed by atoms with Gasteiger partial charge in [-0.1, -0.05) is 12.1 Å². The summed E-state index contributed by atoms with van der Waals surface area (Å²) in [6, 6.07) is 18.4. The summed E-state index contributed by atoms with van der Waals surface area (Å²) in [6.45, 7) is 0. The van der Waals surface area contributed by atoms with Crippen LogP contribution in [0.1, 0.15) is 11.3 Å². The van der Waals surface area contributed by atoms with Gasteiger partial charge in [0.1, 0.15) is 18.5 Å². The number of fused-ring (bicyclic) bond motifs is 1. The van der Waals surface area contributed by atoms with Crippen molar-refractivity contribution in [2.45, 2.75) is 0 Å². The molecule has 24 heavy (non-hydrogen) atoms. The molecule has 0 amide bonds. The van der Waals surface area contributed by atoms with Crippen molar-refractivity contribution in [3.8, 4) is 11.5 Å². The van der Waals surface area contributed by atoms with Gasteiger partial charge < -0.3 is 33.5 Å². The molecule has 1 aromatic heterocycles. The summed E-state index contributed by atoms with van der Waals surface area (Å²) in [4.78, 5) is 0. The van der Waals surface area contributed by atoms with E-state index in [1.54, 1.807) is 14.2 Å². The lowest BCUT2D eigenvalue weighted by atomic mass is 10.1. The first-order valence-electron chi connectivity index (χ1n) is 7.51. The van der Waals surface area contributed by atoms with E-state index in [1.165, 1.54) is 10.9 Å². The van der Waals surface area contributed by atoms with Gasteiger partial charge in [0.2, 0.25) is 11.2 Å². The Balaban J connectivity index is 0.00000208. The van der Waals surface area contributed by atoms with Crippen LogP contribution in [0.3, 0.4) is 0 Å². The molecule has 0 saturated carbocycles. The third kappa shape index (κ3) is 3.70. The van der Waals surface area contributed by atoms with Gasteiger partial charge in [0.15, 0.2) is 0 Å². The van der Waals surface area contributed by atoms with E-state index in [4.69, 9.17) is 9.47 Å². The maximum atomic E-state index is 5.42. The van der Waals surface area contributed by atoms with Crippen LogP contribution in [0.5, 0.6) is 11.5 Å². The van der Waals surface area contributed by atoms with Crippen molar-refractivity contribution in [1.82, 2.24) is 0 Å². The molecule has 0 atom stereocenters. The van der Waals surface area contributed by atoms with E-state index in [-0.39, 0.29) is 24.0 Å². The number of benzene rings is 2. The normalized spacial score (nSPS) is 10.6. The minimum atomic E-state index is 0. The average Bonchev–Trinajstić information content (AvgIpc) is 2.61. The summed E-state index contributed by atoms with van der Waals surface area (Å²) in [5, 5.41) is 1.23. The van der Waals surface area contributed by atoms with Crippen LogP contribution >= 0.6 is 0 Å². The monoisotopic (exact) mass is 433 g/mol. The number of hydrogen-bond acceptors (Lipinski definition) is 2. The van der Waals surface area contributed by atoms with Crippen molar-refractivity contribution in [2.24, 2.45) is 7.05 Å². The van der Waals surface area contributed by atoms with Crippen LogP contribution in [0.15, 0.2) is 54.6 Å². The molecule has 0 fully saturated rings. The standard InChI is InChI=1S/C20H20NO2.HI/c1-21-17(10-8-15-6-4-5-7-19(15)21)11-9-16-14-18(22-2)12-13-20(16)23-3;/h4-14H,1-3H3;1H/q+1;/p-1/b11-9+;. The summed E-state index contributed by atoms with van der Waals surface area (Å²) < 4.78 is 12.9. The summed E-state index contributed by atoms with van der Waals surface area (Å²) in [5.41, 5.74) is 3.31. The summed E-state index contributed by atoms with van der Waals surface area (Å²) in [5.74, 6) is 1.64. The Kier molecular flexibility index (Phi) is 6.20. The Bertz CT molecular complexity index is 875. The molecular formula is C20H20INO2. The third-order valence-electron chi connectivity index (χ3n) is 3.99. The first-order valence-corrected chi connectivity index (χ1v) is 7.51. The maximum absolute atomic E-state index is 5.42. The van der Waals surface area contributed by atoms with E-state index < -0.39 is 0 Å². The molecule has 0 saturated heterocycles. The Labute approximate surface area is 159 Å². The molecule has 0 N–H and O–H groups in total. The minimum Gasteiger partial charge on any atom is -1.00 e. The van der Waals surface area contributed by atoms with Crippen molar-refractivity contribution in [1.29, 1.82) is 0 Å². The Morgan fingerprint density at radius 3 is 2.42 bits per heavy atom. The molecule has 124 valence electrons. The van der Waals surface area contributed by atoms with Gasteiger partial charge in [-0.25, -0.2) is 0 Å². The van der Waals surface area contributed by atoms with Crippen LogP contribution in [0.4, 0.5) is 0 Å². The summed E-state index contributed by atoms with van der Waals surface area (Å²) in [7, 11) is 5.42. The average molecular weight is 433 g/mol. The predicted octanol–water partition coefficient (Wildman–Crippen LogP) is 0.856. The van der Waals surface area contributed by atoms with Gasteiger partial charge in [-0.2, -0.15) is 4.57 Å². The molecule has 3 nitrogen and oxygen atoms in total. The zero-order valence-electron chi connectivity index (χ0n) is 14.0. The van der Waals surface area contributed by atoms with E-state index in [9.17, 15) is 0 Å². The van der Waals surface area contributed by atoms with Crippen LogP contribution in [-0.4, -0.2) is 14.2 Å². The SMILES string of the molecule is COc1ccc(OC)c(/C=C/c2ccc3ccccc3[n+]2C)c1.[I-]. The highest BCUT2D eigenvalue weighted by Gasteiger charge is 2.09. The lowest BCUT2D eigenvalue weighted by molar-refractivity contribution is -0.646. The molecule has 4 heteroatoms. The summed E-state index contributed by atoms with van der Waals surface area (Å²) in [6.07, 6.45) is 4.13. The molecule has 0 spiro atoms. The number of ether oxygens (including phenoxy) is 2. The van der Waals surface area contributed by atoms with E-state index >= 15 is 0 Å². The van der Waals surface area contributed by atoms with Gasteiger partial charge in [-0.3, -0.25) is 0 Å². The van der Waals surface area contributed by atoms with Crippen molar-refractivity contribution in [3.05, 3.63) is 65.9 Å². The molecule has 0 radical (unpaired) electrons. The van der Waals surface area contributed by atoms with Gasteiger partial charge in [-0.15, -0.1) is 0 Å². The largest absolute Gasteiger partial charge is 1.00 e. The fourth-order valence-corrected chi connectivity index (χ4v) is 2.67. The fourth-order valence-electron chi connectivity index (χ4n) is 2.67. The number of halogens is 1. The minimum absolute atomic E-state index is 0. The smallest absolute Gasteiger partial charge is 0.212 e. The molecule has 3 rings (SSSR count). The fraction of sp³-hybridized carbons (Fsp3) is 0.150. The molecule has 0 aliphatic rings. The Morgan fingerprint density at radius 1 is 0.875 bits per heavy atom. The molecule has 3 aromatic rings. The highest BCUT2D eigenvalue weighted by atomic mass is 127. The van der Waals surface area contributed by atoms with Gasteiger partial charge in [0.05, 0.1) is 14.2 Å². The lowest BCUT2D eigenvalue weighted by Crippen LogP contribution is -3.00. The molecule has 2 aromatic carbocycles. The van der Waals surface area contributed by atoms with Crippen molar-refractivity contribution < 1.29 is 38.0 Å². The van der Waals surface area contributed by atoms with E-state index in [2.05, 4.69) is 54.1 Å². The first kappa shape index (κ1) is 18.3. The van der Waals surface area contributed by atoms with Gasteiger partial charge >= 0.3 is 0 Å². The Morgan fingerprint density at radius 2 is 1.67 bits per heavy atom. The zero-order valence-corrected chi connectivity index (χ0v) is 16.2. The number of para-hydroxylation sites is 1. The van der Waals surface area contributed by atoms with Crippen molar-refractivity contribution in [2.75, 3.05) is 14.2 Å². The number of pyridine rings is 1. The lowest BCUT2D eigenvalue weighted by Gasteiger charge is -2.07. The summed E-state index contributed by atoms with van der Waals surface area (Å²) >= 11 is 0. The van der Waals surface area contributed by atoms with Gasteiger partial charge in [0, 0.05) is 29.2 Å². The molecule has 0 aliphatic carbocycles. The number of methoxy groups -OCH3 is 2. The van der Waals surface area contributed by atoms with Crippen LogP contribution in [-0.2, 0) is 7.05 Å². The molecule has 0 bridgehead atoms. The molecule has 0 unspecified atom stereocenters. The number of aryl methyl sites for hydroxylation is 1.